The predicted octanol–water partition coefficient (Wildman–Crippen LogP) is 1.00. The highest BCUT2D eigenvalue weighted by atomic mass is 16.4. The van der Waals surface area contributed by atoms with Gasteiger partial charge in [-0.05, 0) is 12.1 Å². The van der Waals surface area contributed by atoms with E-state index in [1.807, 2.05) is 19.3 Å². The van der Waals surface area contributed by atoms with Crippen LogP contribution < -0.4 is 5.32 Å². The van der Waals surface area contributed by atoms with Crippen LogP contribution >= 0.6 is 0 Å². The highest BCUT2D eigenvalue weighted by Gasteiger charge is 2.12. The van der Waals surface area contributed by atoms with Crippen LogP contribution in [-0.2, 0) is 20.1 Å². The van der Waals surface area contributed by atoms with E-state index < -0.39 is 5.97 Å². The molecule has 2 rings (SSSR count). The van der Waals surface area contributed by atoms with E-state index in [9.17, 15) is 4.79 Å². The van der Waals surface area contributed by atoms with E-state index >= 15 is 0 Å². The number of hydrogen-bond acceptors (Lipinski definition) is 4. The Morgan fingerprint density at radius 1 is 1.53 bits per heavy atom. The van der Waals surface area contributed by atoms with Crippen molar-refractivity contribution < 1.29 is 14.3 Å². The van der Waals surface area contributed by atoms with Crippen LogP contribution in [0.2, 0.25) is 0 Å². The minimum Gasteiger partial charge on any atom is -0.478 e. The van der Waals surface area contributed by atoms with Gasteiger partial charge < -0.3 is 14.8 Å². The zero-order valence-corrected chi connectivity index (χ0v) is 9.38. The molecule has 6 heteroatoms. The first kappa shape index (κ1) is 11.4. The lowest BCUT2D eigenvalue weighted by Crippen LogP contribution is -2.14. The van der Waals surface area contributed by atoms with Crippen molar-refractivity contribution in [3.63, 3.8) is 0 Å². The van der Waals surface area contributed by atoms with E-state index in [1.165, 1.54) is 12.3 Å². The maximum atomic E-state index is 10.8. The summed E-state index contributed by atoms with van der Waals surface area (Å²) in [6.45, 7) is 0.936. The Balaban J connectivity index is 1.90. The molecule has 0 aliphatic rings. The fourth-order valence-electron chi connectivity index (χ4n) is 1.53. The number of furan rings is 1. The van der Waals surface area contributed by atoms with E-state index in [1.54, 1.807) is 4.68 Å². The van der Waals surface area contributed by atoms with Gasteiger partial charge in [-0.25, -0.2) is 4.79 Å². The molecule has 0 aliphatic heterocycles. The number of hydrogen-bond donors (Lipinski definition) is 2. The van der Waals surface area contributed by atoms with E-state index in [2.05, 4.69) is 10.4 Å². The van der Waals surface area contributed by atoms with Gasteiger partial charge >= 0.3 is 5.97 Å². The Hall–Kier alpha value is -2.08. The van der Waals surface area contributed by atoms with Crippen LogP contribution in [0, 0.1) is 0 Å². The third-order valence-corrected chi connectivity index (χ3v) is 2.34. The van der Waals surface area contributed by atoms with Crippen LogP contribution in [0.4, 0.5) is 0 Å². The molecule has 0 spiro atoms. The first-order valence-corrected chi connectivity index (χ1v) is 5.15. The number of aromatic carboxylic acids is 1. The first-order valence-electron chi connectivity index (χ1n) is 5.15. The maximum absolute atomic E-state index is 10.8. The van der Waals surface area contributed by atoms with Crippen LogP contribution in [0.5, 0.6) is 0 Å². The number of rotatable bonds is 5. The van der Waals surface area contributed by atoms with Crippen molar-refractivity contribution in [2.75, 3.05) is 0 Å². The molecular formula is C11H13N3O3. The predicted molar refractivity (Wildman–Crippen MR) is 59.4 cm³/mol. The molecule has 0 saturated heterocycles. The van der Waals surface area contributed by atoms with Crippen LogP contribution in [0.1, 0.15) is 21.8 Å². The van der Waals surface area contributed by atoms with Crippen molar-refractivity contribution in [1.29, 1.82) is 0 Å². The Bertz CT molecular complexity index is 516. The number of nitrogens with one attached hydrogen (secondary N) is 1. The highest BCUT2D eigenvalue weighted by molar-refractivity contribution is 5.88. The molecule has 0 amide bonds. The number of carbonyl (C=O) groups is 1. The third-order valence-electron chi connectivity index (χ3n) is 2.34. The van der Waals surface area contributed by atoms with Gasteiger partial charge in [-0.15, -0.1) is 0 Å². The molecule has 0 bridgehead atoms. The van der Waals surface area contributed by atoms with Gasteiger partial charge in [0.1, 0.15) is 11.3 Å². The number of carboxylic acids is 1. The summed E-state index contributed by atoms with van der Waals surface area (Å²) in [7, 11) is 1.85. The molecule has 0 atom stereocenters. The van der Waals surface area contributed by atoms with Gasteiger partial charge in [0.05, 0.1) is 18.5 Å². The molecule has 0 radical (unpaired) electrons. The summed E-state index contributed by atoms with van der Waals surface area (Å²) < 4.78 is 6.82. The Morgan fingerprint density at radius 2 is 2.35 bits per heavy atom. The van der Waals surface area contributed by atoms with Gasteiger partial charge in [0, 0.05) is 19.8 Å². The number of aryl methyl sites for hydroxylation is 1. The molecule has 0 aromatic carbocycles. The van der Waals surface area contributed by atoms with Crippen molar-refractivity contribution in [3.8, 4) is 0 Å². The summed E-state index contributed by atoms with van der Waals surface area (Å²) in [6.07, 6.45) is 3.23. The van der Waals surface area contributed by atoms with Crippen LogP contribution in [0.3, 0.4) is 0 Å². The molecule has 90 valence electrons. The summed E-state index contributed by atoms with van der Waals surface area (Å²) in [6, 6.07) is 3.34. The lowest BCUT2D eigenvalue weighted by atomic mass is 10.2. The normalized spacial score (nSPS) is 10.6. The summed E-state index contributed by atoms with van der Waals surface area (Å²) >= 11 is 0. The Morgan fingerprint density at radius 3 is 3.00 bits per heavy atom. The average molecular weight is 235 g/mol. The SMILES string of the molecule is Cn1ccc(CNCc2occc2C(=O)O)n1. The molecule has 0 aliphatic carbocycles. The fourth-order valence-corrected chi connectivity index (χ4v) is 1.53. The third kappa shape index (κ3) is 2.73. The van der Waals surface area contributed by atoms with Crippen LogP contribution in [-0.4, -0.2) is 20.9 Å². The minimum atomic E-state index is -0.978. The summed E-state index contributed by atoms with van der Waals surface area (Å²) in [5.74, 6) is -0.554. The second kappa shape index (κ2) is 4.84. The quantitative estimate of drug-likeness (QED) is 0.808. The molecule has 6 nitrogen and oxygen atoms in total. The van der Waals surface area contributed by atoms with Gasteiger partial charge in [-0.2, -0.15) is 5.10 Å². The summed E-state index contributed by atoms with van der Waals surface area (Å²) in [5.41, 5.74) is 1.09. The lowest BCUT2D eigenvalue weighted by molar-refractivity contribution is 0.0694. The molecule has 17 heavy (non-hydrogen) atoms. The van der Waals surface area contributed by atoms with Crippen molar-refractivity contribution in [2.45, 2.75) is 13.1 Å². The monoisotopic (exact) mass is 235 g/mol. The molecule has 2 aromatic heterocycles. The van der Waals surface area contributed by atoms with Crippen molar-refractivity contribution in [2.24, 2.45) is 7.05 Å². The van der Waals surface area contributed by atoms with Crippen LogP contribution in [0.15, 0.2) is 29.0 Å². The summed E-state index contributed by atoms with van der Waals surface area (Å²) in [5, 5.41) is 16.1. The zero-order chi connectivity index (χ0) is 12.3. The molecule has 0 unspecified atom stereocenters. The fraction of sp³-hybridized carbons (Fsp3) is 0.273. The Labute approximate surface area is 97.9 Å². The lowest BCUT2D eigenvalue weighted by Gasteiger charge is -2.01. The first-order chi connectivity index (χ1) is 8.16. The van der Waals surface area contributed by atoms with E-state index in [0.717, 1.165) is 5.69 Å². The Kier molecular flexibility index (Phi) is 3.24. The molecule has 2 heterocycles. The number of aromatic nitrogens is 2. The van der Waals surface area contributed by atoms with Crippen LogP contribution in [0.25, 0.3) is 0 Å². The van der Waals surface area contributed by atoms with Gasteiger partial charge in [-0.1, -0.05) is 0 Å². The van der Waals surface area contributed by atoms with Gasteiger partial charge in [0.25, 0.3) is 0 Å². The number of carboxylic acid groups (broad SMARTS) is 1. The second-order valence-electron chi connectivity index (χ2n) is 3.65. The molecule has 0 fully saturated rings. The van der Waals surface area contributed by atoms with Crippen molar-refractivity contribution in [3.05, 3.63) is 41.6 Å². The zero-order valence-electron chi connectivity index (χ0n) is 9.38. The number of nitrogens with zero attached hydrogens (tertiary/aromatic N) is 2. The standard InChI is InChI=1S/C11H13N3O3/c1-14-4-2-8(13-14)6-12-7-10-9(11(15)16)3-5-17-10/h2-5,12H,6-7H2,1H3,(H,15,16). The average Bonchev–Trinajstić information content (AvgIpc) is 2.87. The maximum Gasteiger partial charge on any atom is 0.339 e. The van der Waals surface area contributed by atoms with Gasteiger partial charge in [0.15, 0.2) is 0 Å². The molecule has 2 N–H and O–H groups in total. The van der Waals surface area contributed by atoms with Gasteiger partial charge in [0.2, 0.25) is 0 Å². The smallest absolute Gasteiger partial charge is 0.339 e. The topological polar surface area (TPSA) is 80.3 Å². The molecule has 2 aromatic rings. The molecular weight excluding hydrogens is 222 g/mol. The van der Waals surface area contributed by atoms with Crippen molar-refractivity contribution in [1.82, 2.24) is 15.1 Å². The second-order valence-corrected chi connectivity index (χ2v) is 3.65. The van der Waals surface area contributed by atoms with E-state index in [4.69, 9.17) is 9.52 Å². The minimum absolute atomic E-state index is 0.193. The van der Waals surface area contributed by atoms with E-state index in [0.29, 0.717) is 18.8 Å². The molecule has 0 saturated carbocycles. The van der Waals surface area contributed by atoms with Gasteiger partial charge in [-0.3, -0.25) is 4.68 Å². The summed E-state index contributed by atoms with van der Waals surface area (Å²) in [4.78, 5) is 10.8. The van der Waals surface area contributed by atoms with E-state index in [-0.39, 0.29) is 5.56 Å². The van der Waals surface area contributed by atoms with Crippen molar-refractivity contribution >= 4 is 5.97 Å². The largest absolute Gasteiger partial charge is 0.478 e. The highest BCUT2D eigenvalue weighted by Crippen LogP contribution is 2.10.